The standard InChI is InChI=1S/C47H33N2OP/c50-51(38-24-9-3-10-25-38,39-26-11-4-12-27-39)40-28-17-19-35(32-40)47-46-44(49(36-20-5-1-6-21-36)37-22-7-2-8-23-37)33-34-18-13-14-29-41(34)45(46)42-30-15-16-31-43(42)48-47/h1-33H. The zero-order chi connectivity index (χ0) is 34.2. The Morgan fingerprint density at radius 3 is 1.57 bits per heavy atom. The summed E-state index contributed by atoms with van der Waals surface area (Å²) in [5.74, 6) is 0. The molecule has 0 spiro atoms. The van der Waals surface area contributed by atoms with Gasteiger partial charge in [-0.2, -0.15) is 0 Å². The first-order chi connectivity index (χ1) is 25.2. The van der Waals surface area contributed by atoms with Crippen LogP contribution in [0.4, 0.5) is 17.1 Å². The maximum Gasteiger partial charge on any atom is 0.171 e. The Balaban J connectivity index is 1.41. The predicted octanol–water partition coefficient (Wildman–Crippen LogP) is 11.3. The van der Waals surface area contributed by atoms with Gasteiger partial charge in [0.2, 0.25) is 0 Å². The van der Waals surface area contributed by atoms with Gasteiger partial charge in [0.05, 0.1) is 16.9 Å². The van der Waals surface area contributed by atoms with Crippen molar-refractivity contribution in [1.29, 1.82) is 0 Å². The molecule has 0 saturated carbocycles. The van der Waals surface area contributed by atoms with Crippen molar-refractivity contribution in [2.75, 3.05) is 4.90 Å². The zero-order valence-electron chi connectivity index (χ0n) is 27.8. The van der Waals surface area contributed by atoms with E-state index in [4.69, 9.17) is 4.98 Å². The van der Waals surface area contributed by atoms with Crippen molar-refractivity contribution in [3.05, 3.63) is 200 Å². The smallest absolute Gasteiger partial charge is 0.171 e. The molecule has 242 valence electrons. The van der Waals surface area contributed by atoms with Crippen LogP contribution in [-0.4, -0.2) is 4.98 Å². The minimum absolute atomic E-state index is 0.769. The maximum atomic E-state index is 15.6. The number of anilines is 3. The number of para-hydroxylation sites is 3. The van der Waals surface area contributed by atoms with Gasteiger partial charge in [-0.05, 0) is 53.2 Å². The molecular formula is C47H33N2OP. The van der Waals surface area contributed by atoms with Crippen LogP contribution in [0.25, 0.3) is 43.7 Å². The molecule has 51 heavy (non-hydrogen) atoms. The van der Waals surface area contributed by atoms with Crippen LogP contribution in [0, 0.1) is 0 Å². The minimum Gasteiger partial charge on any atom is -0.310 e. The minimum atomic E-state index is -3.24. The van der Waals surface area contributed by atoms with Crippen LogP contribution in [0.2, 0.25) is 0 Å². The molecule has 8 aromatic carbocycles. The van der Waals surface area contributed by atoms with Crippen LogP contribution in [0.5, 0.6) is 0 Å². The first-order valence-electron chi connectivity index (χ1n) is 17.2. The molecule has 0 amide bonds. The van der Waals surface area contributed by atoms with Gasteiger partial charge in [0.1, 0.15) is 0 Å². The lowest BCUT2D eigenvalue weighted by atomic mass is 9.93. The molecule has 0 unspecified atom stereocenters. The van der Waals surface area contributed by atoms with E-state index in [0.29, 0.717) is 0 Å². The number of aromatic nitrogens is 1. The summed E-state index contributed by atoms with van der Waals surface area (Å²) in [6.45, 7) is 0. The fraction of sp³-hybridized carbons (Fsp3) is 0. The third kappa shape index (κ3) is 5.31. The molecule has 0 saturated heterocycles. The van der Waals surface area contributed by atoms with Crippen LogP contribution in [0.1, 0.15) is 0 Å². The van der Waals surface area contributed by atoms with Crippen molar-refractivity contribution in [2.45, 2.75) is 0 Å². The molecule has 1 aromatic heterocycles. The Bertz CT molecular complexity index is 2620. The normalized spacial score (nSPS) is 11.6. The second-order valence-corrected chi connectivity index (χ2v) is 15.4. The summed E-state index contributed by atoms with van der Waals surface area (Å²) in [4.78, 5) is 7.79. The van der Waals surface area contributed by atoms with Crippen LogP contribution in [0.15, 0.2) is 200 Å². The lowest BCUT2D eigenvalue weighted by Crippen LogP contribution is -2.25. The lowest BCUT2D eigenvalue weighted by molar-refractivity contribution is 0.592. The Morgan fingerprint density at radius 1 is 0.431 bits per heavy atom. The molecule has 0 bridgehead atoms. The first kappa shape index (κ1) is 30.8. The second kappa shape index (κ2) is 12.9. The van der Waals surface area contributed by atoms with Crippen LogP contribution < -0.4 is 20.8 Å². The van der Waals surface area contributed by atoms with Crippen molar-refractivity contribution >= 4 is 72.6 Å². The monoisotopic (exact) mass is 672 g/mol. The van der Waals surface area contributed by atoms with Crippen molar-refractivity contribution < 1.29 is 4.57 Å². The third-order valence-electron chi connectivity index (χ3n) is 9.66. The summed E-state index contributed by atoms with van der Waals surface area (Å²) < 4.78 is 15.6. The fourth-order valence-corrected chi connectivity index (χ4v) is 10.0. The summed E-state index contributed by atoms with van der Waals surface area (Å²) in [5.41, 5.74) is 5.78. The molecule has 0 aliphatic carbocycles. The zero-order valence-corrected chi connectivity index (χ0v) is 28.7. The third-order valence-corrected chi connectivity index (χ3v) is 12.7. The fourth-order valence-electron chi connectivity index (χ4n) is 7.35. The number of fused-ring (bicyclic) bond motifs is 5. The van der Waals surface area contributed by atoms with Crippen LogP contribution in [0.3, 0.4) is 0 Å². The highest BCUT2D eigenvalue weighted by Gasteiger charge is 2.30. The van der Waals surface area contributed by atoms with E-state index in [-0.39, 0.29) is 0 Å². The quantitative estimate of drug-likeness (QED) is 0.125. The number of nitrogens with zero attached hydrogens (tertiary/aromatic N) is 2. The van der Waals surface area contributed by atoms with E-state index >= 15 is 4.57 Å². The van der Waals surface area contributed by atoms with Gasteiger partial charge < -0.3 is 9.46 Å². The van der Waals surface area contributed by atoms with Gasteiger partial charge in [0.25, 0.3) is 0 Å². The van der Waals surface area contributed by atoms with Crippen LogP contribution in [-0.2, 0) is 4.57 Å². The largest absolute Gasteiger partial charge is 0.310 e. The summed E-state index contributed by atoms with van der Waals surface area (Å²) >= 11 is 0. The number of benzene rings is 8. The van der Waals surface area contributed by atoms with Crippen molar-refractivity contribution in [3.63, 3.8) is 0 Å². The number of pyridine rings is 1. The van der Waals surface area contributed by atoms with Gasteiger partial charge in [-0.15, -0.1) is 0 Å². The van der Waals surface area contributed by atoms with Gasteiger partial charge in [-0.25, -0.2) is 4.98 Å². The van der Waals surface area contributed by atoms with Crippen LogP contribution >= 0.6 is 7.14 Å². The molecule has 9 aromatic rings. The molecule has 0 aliphatic rings. The van der Waals surface area contributed by atoms with Gasteiger partial charge >= 0.3 is 0 Å². The van der Waals surface area contributed by atoms with E-state index < -0.39 is 7.14 Å². The summed E-state index contributed by atoms with van der Waals surface area (Å²) in [5, 5.41) is 7.94. The molecule has 1 heterocycles. The number of hydrogen-bond acceptors (Lipinski definition) is 3. The highest BCUT2D eigenvalue weighted by Crippen LogP contribution is 2.48. The molecule has 0 radical (unpaired) electrons. The molecule has 0 aliphatic heterocycles. The van der Waals surface area contributed by atoms with Gasteiger partial charge in [-0.1, -0.05) is 158 Å². The first-order valence-corrected chi connectivity index (χ1v) is 18.9. The highest BCUT2D eigenvalue weighted by molar-refractivity contribution is 7.85. The number of rotatable bonds is 7. The van der Waals surface area contributed by atoms with Crippen molar-refractivity contribution in [3.8, 4) is 11.3 Å². The number of hydrogen-bond donors (Lipinski definition) is 0. The predicted molar refractivity (Wildman–Crippen MR) is 216 cm³/mol. The lowest BCUT2D eigenvalue weighted by Gasteiger charge is -2.28. The topological polar surface area (TPSA) is 33.2 Å². The average molecular weight is 673 g/mol. The van der Waals surface area contributed by atoms with E-state index in [9.17, 15) is 0 Å². The molecule has 0 N–H and O–H groups in total. The molecule has 0 atom stereocenters. The van der Waals surface area contributed by atoms with E-state index in [1.54, 1.807) is 0 Å². The summed E-state index contributed by atoms with van der Waals surface area (Å²) in [7, 11) is -3.24. The maximum absolute atomic E-state index is 15.6. The van der Waals surface area contributed by atoms with Gasteiger partial charge in [0, 0.05) is 49.0 Å². The van der Waals surface area contributed by atoms with E-state index in [1.807, 2.05) is 78.9 Å². The van der Waals surface area contributed by atoms with Crippen molar-refractivity contribution in [2.24, 2.45) is 0 Å². The molecule has 0 fully saturated rings. The Labute approximate surface area is 297 Å². The van der Waals surface area contributed by atoms with E-state index in [0.717, 1.165) is 76.7 Å². The van der Waals surface area contributed by atoms with Gasteiger partial charge in [0.15, 0.2) is 7.14 Å². The van der Waals surface area contributed by atoms with E-state index in [2.05, 4.69) is 126 Å². The van der Waals surface area contributed by atoms with E-state index in [1.165, 1.54) is 0 Å². The highest BCUT2D eigenvalue weighted by atomic mass is 31.2. The van der Waals surface area contributed by atoms with Gasteiger partial charge in [-0.3, -0.25) is 0 Å². The molecule has 3 nitrogen and oxygen atoms in total. The molecule has 9 rings (SSSR count). The van der Waals surface area contributed by atoms with Crippen molar-refractivity contribution in [1.82, 2.24) is 4.98 Å². The summed E-state index contributed by atoms with van der Waals surface area (Å²) in [6, 6.07) is 68.3. The second-order valence-electron chi connectivity index (χ2n) is 12.7. The molecular weight excluding hydrogens is 640 g/mol. The SMILES string of the molecule is O=P(c1ccccc1)(c1ccccc1)c1cccc(-c2nc3ccccc3c3c2c(N(c2ccccc2)c2ccccc2)cc2ccccc23)c1. The summed E-state index contributed by atoms with van der Waals surface area (Å²) in [6.07, 6.45) is 0. The Hall–Kier alpha value is -6.28. The Kier molecular flexibility index (Phi) is 7.76. The average Bonchev–Trinajstić information content (AvgIpc) is 3.21. The molecule has 4 heteroatoms. The Morgan fingerprint density at radius 2 is 0.941 bits per heavy atom.